The Kier molecular flexibility index (Phi) is 3.30. The zero-order valence-corrected chi connectivity index (χ0v) is 10.7. The zero-order valence-electron chi connectivity index (χ0n) is 10.7. The number of aromatic amines is 1. The van der Waals surface area contributed by atoms with E-state index in [4.69, 9.17) is 10.5 Å². The molecule has 8 nitrogen and oxygen atoms in total. The van der Waals surface area contributed by atoms with Gasteiger partial charge in [-0.25, -0.2) is 9.78 Å². The summed E-state index contributed by atoms with van der Waals surface area (Å²) < 4.78 is 5.27. The largest absolute Gasteiger partial charge is 0.384 e. The maximum absolute atomic E-state index is 11.7. The third kappa shape index (κ3) is 2.59. The van der Waals surface area contributed by atoms with Crippen LogP contribution in [0.3, 0.4) is 0 Å². The van der Waals surface area contributed by atoms with Gasteiger partial charge in [-0.2, -0.15) is 9.97 Å². The number of hydrogen-bond acceptors (Lipinski definition) is 7. The Morgan fingerprint density at radius 1 is 1.25 bits per heavy atom. The van der Waals surface area contributed by atoms with Crippen LogP contribution >= 0.6 is 0 Å². The highest BCUT2D eigenvalue weighted by atomic mass is 16.5. The predicted octanol–water partition coefficient (Wildman–Crippen LogP) is -0.354. The van der Waals surface area contributed by atoms with Crippen molar-refractivity contribution >= 4 is 11.8 Å². The molecule has 0 spiro atoms. The van der Waals surface area contributed by atoms with E-state index in [1.807, 2.05) is 4.90 Å². The van der Waals surface area contributed by atoms with Crippen LogP contribution in [0.1, 0.15) is 0 Å². The van der Waals surface area contributed by atoms with Crippen molar-refractivity contribution in [1.29, 1.82) is 0 Å². The number of pyridine rings is 1. The summed E-state index contributed by atoms with van der Waals surface area (Å²) in [5.41, 5.74) is 5.79. The molecule has 1 aliphatic heterocycles. The second-order valence-corrected chi connectivity index (χ2v) is 4.37. The maximum Gasteiger partial charge on any atom is 0.349 e. The molecular formula is C12H14N6O2. The van der Waals surface area contributed by atoms with Crippen LogP contribution in [0, 0.1) is 0 Å². The first-order valence-electron chi connectivity index (χ1n) is 6.25. The molecule has 0 unspecified atom stereocenters. The summed E-state index contributed by atoms with van der Waals surface area (Å²) in [6.07, 6.45) is 1.57. The molecule has 0 amide bonds. The molecule has 2 aromatic rings. The van der Waals surface area contributed by atoms with Crippen molar-refractivity contribution in [1.82, 2.24) is 19.9 Å². The molecule has 0 atom stereocenters. The van der Waals surface area contributed by atoms with Crippen molar-refractivity contribution in [3.05, 3.63) is 28.8 Å². The number of aromatic nitrogens is 4. The lowest BCUT2D eigenvalue weighted by molar-refractivity contribution is 0.122. The second-order valence-electron chi connectivity index (χ2n) is 4.37. The highest BCUT2D eigenvalue weighted by molar-refractivity contribution is 5.56. The third-order valence-electron chi connectivity index (χ3n) is 2.99. The van der Waals surface area contributed by atoms with E-state index in [0.717, 1.165) is 0 Å². The van der Waals surface area contributed by atoms with Gasteiger partial charge in [0.25, 0.3) is 0 Å². The lowest BCUT2D eigenvalue weighted by Crippen LogP contribution is -2.38. The maximum atomic E-state index is 11.7. The third-order valence-corrected chi connectivity index (χ3v) is 2.99. The summed E-state index contributed by atoms with van der Waals surface area (Å²) in [5, 5.41) is 0. The van der Waals surface area contributed by atoms with Crippen LogP contribution in [0.15, 0.2) is 23.1 Å². The fourth-order valence-corrected chi connectivity index (χ4v) is 1.96. The molecule has 0 aromatic carbocycles. The predicted molar refractivity (Wildman–Crippen MR) is 73.3 cm³/mol. The molecule has 104 valence electrons. The smallest absolute Gasteiger partial charge is 0.349 e. The van der Waals surface area contributed by atoms with E-state index in [0.29, 0.717) is 49.5 Å². The SMILES string of the molecule is Nc1ccc(-c2nc(N3CCOCC3)nc(=O)[nH]2)cn1. The number of nitrogens with zero attached hydrogens (tertiary/aromatic N) is 4. The van der Waals surface area contributed by atoms with E-state index < -0.39 is 5.69 Å². The summed E-state index contributed by atoms with van der Waals surface area (Å²) in [4.78, 5) is 28.5. The molecule has 3 N–H and O–H groups in total. The van der Waals surface area contributed by atoms with Crippen molar-refractivity contribution in [2.24, 2.45) is 0 Å². The summed E-state index contributed by atoms with van der Waals surface area (Å²) >= 11 is 0. The van der Waals surface area contributed by atoms with Crippen LogP contribution in [-0.4, -0.2) is 46.2 Å². The Morgan fingerprint density at radius 2 is 2.05 bits per heavy atom. The molecule has 0 bridgehead atoms. The summed E-state index contributed by atoms with van der Waals surface area (Å²) in [5.74, 6) is 1.25. The van der Waals surface area contributed by atoms with E-state index in [2.05, 4.69) is 19.9 Å². The summed E-state index contributed by atoms with van der Waals surface area (Å²) in [6.45, 7) is 2.55. The average Bonchev–Trinajstić information content (AvgIpc) is 2.48. The van der Waals surface area contributed by atoms with Gasteiger partial charge in [0, 0.05) is 24.8 Å². The zero-order chi connectivity index (χ0) is 13.9. The molecule has 1 aliphatic rings. The fourth-order valence-electron chi connectivity index (χ4n) is 1.96. The Bertz CT molecular complexity index is 648. The van der Waals surface area contributed by atoms with E-state index in [1.54, 1.807) is 18.3 Å². The molecular weight excluding hydrogens is 260 g/mol. The number of anilines is 2. The first kappa shape index (κ1) is 12.5. The Labute approximate surface area is 114 Å². The summed E-state index contributed by atoms with van der Waals surface area (Å²) in [6, 6.07) is 3.41. The number of morpholine rings is 1. The summed E-state index contributed by atoms with van der Waals surface area (Å²) in [7, 11) is 0. The van der Waals surface area contributed by atoms with Crippen molar-refractivity contribution in [2.45, 2.75) is 0 Å². The first-order valence-corrected chi connectivity index (χ1v) is 6.25. The number of nitrogens with two attached hydrogens (primary N) is 1. The van der Waals surface area contributed by atoms with Crippen molar-refractivity contribution in [3.63, 3.8) is 0 Å². The van der Waals surface area contributed by atoms with E-state index >= 15 is 0 Å². The number of nitrogens with one attached hydrogen (secondary N) is 1. The molecule has 1 saturated heterocycles. The van der Waals surface area contributed by atoms with Gasteiger partial charge in [0.1, 0.15) is 11.6 Å². The van der Waals surface area contributed by atoms with E-state index in [9.17, 15) is 4.79 Å². The van der Waals surface area contributed by atoms with Crippen molar-refractivity contribution in [2.75, 3.05) is 36.9 Å². The van der Waals surface area contributed by atoms with Gasteiger partial charge >= 0.3 is 5.69 Å². The monoisotopic (exact) mass is 274 g/mol. The minimum atomic E-state index is -0.437. The average molecular weight is 274 g/mol. The minimum absolute atomic E-state index is 0.406. The van der Waals surface area contributed by atoms with Crippen molar-refractivity contribution < 1.29 is 4.74 Å². The quantitative estimate of drug-likeness (QED) is 0.769. The van der Waals surface area contributed by atoms with Crippen LogP contribution < -0.4 is 16.3 Å². The topological polar surface area (TPSA) is 110 Å². The second kappa shape index (κ2) is 5.25. The molecule has 1 fully saturated rings. The molecule has 3 heterocycles. The van der Waals surface area contributed by atoms with Gasteiger partial charge in [0.05, 0.1) is 13.2 Å². The number of ether oxygens (including phenoxy) is 1. The molecule has 3 rings (SSSR count). The van der Waals surface area contributed by atoms with Crippen molar-refractivity contribution in [3.8, 4) is 11.4 Å². The normalized spacial score (nSPS) is 15.3. The number of rotatable bonds is 2. The van der Waals surface area contributed by atoms with Gasteiger partial charge in [0.15, 0.2) is 0 Å². The minimum Gasteiger partial charge on any atom is -0.384 e. The Morgan fingerprint density at radius 3 is 2.75 bits per heavy atom. The first-order chi connectivity index (χ1) is 9.72. The lowest BCUT2D eigenvalue weighted by Gasteiger charge is -2.26. The number of nitrogen functional groups attached to an aromatic ring is 1. The van der Waals surface area contributed by atoms with Gasteiger partial charge in [-0.3, -0.25) is 4.98 Å². The Hall–Kier alpha value is -2.48. The molecule has 20 heavy (non-hydrogen) atoms. The molecule has 0 saturated carbocycles. The van der Waals surface area contributed by atoms with Gasteiger partial charge in [-0.05, 0) is 12.1 Å². The Balaban J connectivity index is 1.97. The van der Waals surface area contributed by atoms with Gasteiger partial charge in [-0.15, -0.1) is 0 Å². The van der Waals surface area contributed by atoms with E-state index in [-0.39, 0.29) is 0 Å². The van der Waals surface area contributed by atoms with Crippen LogP contribution in [0.4, 0.5) is 11.8 Å². The van der Waals surface area contributed by atoms with E-state index in [1.165, 1.54) is 0 Å². The standard InChI is InChI=1S/C12H14N6O2/c13-9-2-1-8(7-14-9)10-15-11(17-12(19)16-10)18-3-5-20-6-4-18/h1-2,7H,3-6H2,(H2,13,14)(H,15,16,17,19). The van der Waals surface area contributed by atoms with Gasteiger partial charge in [-0.1, -0.05) is 0 Å². The van der Waals surface area contributed by atoms with Crippen LogP contribution in [0.25, 0.3) is 11.4 Å². The highest BCUT2D eigenvalue weighted by Gasteiger charge is 2.15. The van der Waals surface area contributed by atoms with Gasteiger partial charge in [0.2, 0.25) is 5.95 Å². The lowest BCUT2D eigenvalue weighted by atomic mass is 10.2. The number of hydrogen-bond donors (Lipinski definition) is 2. The highest BCUT2D eigenvalue weighted by Crippen LogP contribution is 2.16. The fraction of sp³-hybridized carbons (Fsp3) is 0.333. The molecule has 0 aliphatic carbocycles. The van der Waals surface area contributed by atoms with Crippen LogP contribution in [0.2, 0.25) is 0 Å². The van der Waals surface area contributed by atoms with Crippen LogP contribution in [0.5, 0.6) is 0 Å². The number of H-pyrrole nitrogens is 1. The van der Waals surface area contributed by atoms with Crippen LogP contribution in [-0.2, 0) is 4.74 Å². The molecule has 0 radical (unpaired) electrons. The van der Waals surface area contributed by atoms with Gasteiger partial charge < -0.3 is 15.4 Å². The molecule has 8 heteroatoms. The molecule has 2 aromatic heterocycles.